The summed E-state index contributed by atoms with van der Waals surface area (Å²) in [6.45, 7) is 6.97. The summed E-state index contributed by atoms with van der Waals surface area (Å²) in [6, 6.07) is 9.75. The highest BCUT2D eigenvalue weighted by Crippen LogP contribution is 2.27. The zero-order valence-electron chi connectivity index (χ0n) is 13.3. The highest BCUT2D eigenvalue weighted by atomic mass is 16.1. The molecule has 3 rings (SSSR count). The predicted octanol–water partition coefficient (Wildman–Crippen LogP) is 2.66. The van der Waals surface area contributed by atoms with Gasteiger partial charge in [0.2, 0.25) is 0 Å². The van der Waals surface area contributed by atoms with E-state index in [0.717, 1.165) is 49.1 Å². The van der Waals surface area contributed by atoms with Crippen LogP contribution in [0.2, 0.25) is 0 Å². The second-order valence-electron chi connectivity index (χ2n) is 6.57. The second kappa shape index (κ2) is 6.05. The van der Waals surface area contributed by atoms with Crippen LogP contribution in [-0.2, 0) is 0 Å². The van der Waals surface area contributed by atoms with Crippen molar-refractivity contribution < 1.29 is 4.79 Å². The molecule has 0 saturated carbocycles. The van der Waals surface area contributed by atoms with Crippen LogP contribution in [0.25, 0.3) is 10.9 Å². The van der Waals surface area contributed by atoms with Gasteiger partial charge in [-0.1, -0.05) is 25.1 Å². The molecule has 1 saturated heterocycles. The van der Waals surface area contributed by atoms with Crippen LogP contribution in [0, 0.1) is 12.3 Å². The average Bonchev–Trinajstić information content (AvgIpc) is 2.53. The first kappa shape index (κ1) is 15.0. The number of para-hydroxylation sites is 1. The summed E-state index contributed by atoms with van der Waals surface area (Å²) in [5, 5.41) is 7.49. The molecule has 1 aromatic heterocycles. The van der Waals surface area contributed by atoms with E-state index < -0.39 is 0 Å². The molecular formula is C18H23N3O. The van der Waals surface area contributed by atoms with E-state index in [4.69, 9.17) is 0 Å². The number of carbonyl (C=O) groups excluding carboxylic acids is 1. The van der Waals surface area contributed by atoms with Gasteiger partial charge in [-0.2, -0.15) is 0 Å². The molecule has 1 aromatic carbocycles. The fraction of sp³-hybridized carbons (Fsp3) is 0.444. The number of nitrogens with one attached hydrogen (secondary N) is 2. The number of rotatable bonds is 3. The Bertz CT molecular complexity index is 690. The number of hydrogen-bond acceptors (Lipinski definition) is 3. The van der Waals surface area contributed by atoms with Crippen LogP contribution < -0.4 is 10.6 Å². The van der Waals surface area contributed by atoms with Crippen molar-refractivity contribution >= 4 is 16.8 Å². The number of aryl methyl sites for hydroxylation is 1. The Balaban J connectivity index is 1.79. The minimum atomic E-state index is -0.0246. The molecule has 2 heterocycles. The van der Waals surface area contributed by atoms with Gasteiger partial charge >= 0.3 is 0 Å². The lowest BCUT2D eigenvalue weighted by molar-refractivity contribution is 0.0924. The van der Waals surface area contributed by atoms with Crippen LogP contribution in [-0.4, -0.2) is 30.5 Å². The molecule has 22 heavy (non-hydrogen) atoms. The second-order valence-corrected chi connectivity index (χ2v) is 6.57. The quantitative estimate of drug-likeness (QED) is 0.916. The molecule has 1 amide bonds. The predicted molar refractivity (Wildman–Crippen MR) is 89.0 cm³/mol. The van der Waals surface area contributed by atoms with Crippen molar-refractivity contribution in [1.82, 2.24) is 15.6 Å². The largest absolute Gasteiger partial charge is 0.351 e. The van der Waals surface area contributed by atoms with Crippen LogP contribution in [0.3, 0.4) is 0 Å². The van der Waals surface area contributed by atoms with Gasteiger partial charge in [-0.15, -0.1) is 0 Å². The summed E-state index contributed by atoms with van der Waals surface area (Å²) in [4.78, 5) is 17.1. The first-order valence-electron chi connectivity index (χ1n) is 7.93. The maximum Gasteiger partial charge on any atom is 0.253 e. The van der Waals surface area contributed by atoms with Crippen molar-refractivity contribution in [2.75, 3.05) is 19.6 Å². The summed E-state index contributed by atoms with van der Waals surface area (Å²) < 4.78 is 0. The highest BCUT2D eigenvalue weighted by molar-refractivity contribution is 6.05. The van der Waals surface area contributed by atoms with Crippen molar-refractivity contribution in [1.29, 1.82) is 0 Å². The molecule has 2 N–H and O–H groups in total. The van der Waals surface area contributed by atoms with Crippen molar-refractivity contribution in [2.24, 2.45) is 5.41 Å². The molecule has 0 radical (unpaired) electrons. The van der Waals surface area contributed by atoms with E-state index in [-0.39, 0.29) is 11.3 Å². The maximum atomic E-state index is 12.6. The zero-order chi connectivity index (χ0) is 15.6. The van der Waals surface area contributed by atoms with E-state index in [2.05, 4.69) is 22.5 Å². The summed E-state index contributed by atoms with van der Waals surface area (Å²) in [7, 11) is 0. The first-order valence-corrected chi connectivity index (χ1v) is 7.93. The maximum absolute atomic E-state index is 12.6. The van der Waals surface area contributed by atoms with Crippen LogP contribution in [0.4, 0.5) is 0 Å². The molecule has 0 aliphatic carbocycles. The minimum absolute atomic E-state index is 0.0246. The normalized spacial score (nSPS) is 17.4. The van der Waals surface area contributed by atoms with Gasteiger partial charge in [-0.25, -0.2) is 0 Å². The lowest BCUT2D eigenvalue weighted by atomic mass is 9.81. The molecule has 0 spiro atoms. The Kier molecular flexibility index (Phi) is 4.12. The van der Waals surface area contributed by atoms with Gasteiger partial charge in [-0.05, 0) is 50.4 Å². The molecule has 1 fully saturated rings. The number of fused-ring (bicyclic) bond motifs is 1. The van der Waals surface area contributed by atoms with Gasteiger partial charge in [0.05, 0.1) is 11.1 Å². The third-order valence-electron chi connectivity index (χ3n) is 4.59. The fourth-order valence-corrected chi connectivity index (χ4v) is 3.02. The summed E-state index contributed by atoms with van der Waals surface area (Å²) in [5.74, 6) is -0.0246. The summed E-state index contributed by atoms with van der Waals surface area (Å²) in [5.41, 5.74) is 2.57. The third-order valence-corrected chi connectivity index (χ3v) is 4.59. The van der Waals surface area contributed by atoms with E-state index in [9.17, 15) is 4.79 Å². The first-order chi connectivity index (χ1) is 10.6. The summed E-state index contributed by atoms with van der Waals surface area (Å²) >= 11 is 0. The lowest BCUT2D eigenvalue weighted by Crippen LogP contribution is -2.42. The molecule has 1 aliphatic heterocycles. The Hall–Kier alpha value is -1.94. The molecule has 4 nitrogen and oxygen atoms in total. The third kappa shape index (κ3) is 3.12. The lowest BCUT2D eigenvalue weighted by Gasteiger charge is -2.34. The van der Waals surface area contributed by atoms with Crippen LogP contribution in [0.15, 0.2) is 30.3 Å². The molecule has 116 valence electrons. The van der Waals surface area contributed by atoms with Gasteiger partial charge in [0.1, 0.15) is 0 Å². The Morgan fingerprint density at radius 3 is 2.82 bits per heavy atom. The van der Waals surface area contributed by atoms with Crippen LogP contribution >= 0.6 is 0 Å². The monoisotopic (exact) mass is 297 g/mol. The van der Waals surface area contributed by atoms with Crippen molar-refractivity contribution in [2.45, 2.75) is 26.7 Å². The van der Waals surface area contributed by atoms with Gasteiger partial charge in [0.15, 0.2) is 0 Å². The zero-order valence-corrected chi connectivity index (χ0v) is 13.3. The van der Waals surface area contributed by atoms with E-state index in [0.29, 0.717) is 5.56 Å². The number of carbonyl (C=O) groups is 1. The summed E-state index contributed by atoms with van der Waals surface area (Å²) in [6.07, 6.45) is 2.19. The number of hydrogen-bond donors (Lipinski definition) is 2. The number of pyridine rings is 1. The van der Waals surface area contributed by atoms with Crippen molar-refractivity contribution in [3.05, 3.63) is 41.6 Å². The number of nitrogens with zero attached hydrogens (tertiary/aromatic N) is 1. The highest BCUT2D eigenvalue weighted by Gasteiger charge is 2.27. The topological polar surface area (TPSA) is 54.0 Å². The van der Waals surface area contributed by atoms with E-state index in [1.54, 1.807) is 0 Å². The molecule has 2 aromatic rings. The van der Waals surface area contributed by atoms with Crippen molar-refractivity contribution in [3.8, 4) is 0 Å². The van der Waals surface area contributed by atoms with Gasteiger partial charge in [0, 0.05) is 17.6 Å². The van der Waals surface area contributed by atoms with E-state index >= 15 is 0 Å². The number of amides is 1. The van der Waals surface area contributed by atoms with Crippen molar-refractivity contribution in [3.63, 3.8) is 0 Å². The van der Waals surface area contributed by atoms with Gasteiger partial charge in [-0.3, -0.25) is 9.78 Å². The Labute approximate surface area is 131 Å². The average molecular weight is 297 g/mol. The van der Waals surface area contributed by atoms with E-state index in [1.807, 2.05) is 37.3 Å². The molecule has 4 heteroatoms. The molecule has 1 aliphatic rings. The van der Waals surface area contributed by atoms with Gasteiger partial charge < -0.3 is 10.6 Å². The molecule has 0 bridgehead atoms. The molecule has 0 unspecified atom stereocenters. The number of piperidine rings is 1. The number of benzene rings is 1. The SMILES string of the molecule is Cc1ccc2cccc(C(=O)NCC3(C)CCNCC3)c2n1. The number of aromatic nitrogens is 1. The fourth-order valence-electron chi connectivity index (χ4n) is 3.02. The van der Waals surface area contributed by atoms with Crippen LogP contribution in [0.5, 0.6) is 0 Å². The Morgan fingerprint density at radius 2 is 2.05 bits per heavy atom. The molecular weight excluding hydrogens is 274 g/mol. The Morgan fingerprint density at radius 1 is 1.27 bits per heavy atom. The molecule has 0 atom stereocenters. The van der Waals surface area contributed by atoms with E-state index in [1.165, 1.54) is 0 Å². The smallest absolute Gasteiger partial charge is 0.253 e. The van der Waals surface area contributed by atoms with Crippen LogP contribution in [0.1, 0.15) is 35.8 Å². The van der Waals surface area contributed by atoms with Gasteiger partial charge in [0.25, 0.3) is 5.91 Å². The minimum Gasteiger partial charge on any atom is -0.351 e. The standard InChI is InChI=1S/C18H23N3O/c1-13-6-7-14-4-3-5-15(16(14)21-13)17(22)20-12-18(2)8-10-19-11-9-18/h3-7,19H,8-12H2,1-2H3,(H,20,22).